The average molecular weight is 336 g/mol. The van der Waals surface area contributed by atoms with Crippen molar-refractivity contribution in [3.63, 3.8) is 0 Å². The molecule has 4 nitrogen and oxygen atoms in total. The van der Waals surface area contributed by atoms with E-state index in [1.807, 2.05) is 54.6 Å². The van der Waals surface area contributed by atoms with Crippen molar-refractivity contribution in [2.75, 3.05) is 6.54 Å². The lowest BCUT2D eigenvalue weighted by Gasteiger charge is -2.05. The average Bonchev–Trinajstić information content (AvgIpc) is 3.03. The molecule has 0 fully saturated rings. The lowest BCUT2D eigenvalue weighted by atomic mass is 10.2. The van der Waals surface area contributed by atoms with Gasteiger partial charge in [0.15, 0.2) is 5.01 Å². The van der Waals surface area contributed by atoms with Gasteiger partial charge in [0.05, 0.1) is 10.2 Å². The van der Waals surface area contributed by atoms with Crippen molar-refractivity contribution in [1.29, 1.82) is 0 Å². The Hall–Kier alpha value is -2.84. The molecule has 0 saturated heterocycles. The zero-order valence-electron chi connectivity index (χ0n) is 13.0. The predicted octanol–water partition coefficient (Wildman–Crippen LogP) is 3.96. The summed E-state index contributed by atoms with van der Waals surface area (Å²) < 4.78 is 6.25. The molecule has 0 atom stereocenters. The van der Waals surface area contributed by atoms with Crippen LogP contribution in [0.25, 0.3) is 10.2 Å². The molecule has 0 saturated carbocycles. The summed E-state index contributed by atoms with van der Waals surface area (Å²) in [6, 6.07) is 17.5. The second kappa shape index (κ2) is 8.14. The quantitative estimate of drug-likeness (QED) is 0.579. The Balaban J connectivity index is 1.40. The number of fused-ring (bicyclic) bond motifs is 1. The Labute approximate surface area is 144 Å². The summed E-state index contributed by atoms with van der Waals surface area (Å²) in [5, 5.41) is 3.48. The highest BCUT2D eigenvalue weighted by atomic mass is 32.1. The van der Waals surface area contributed by atoms with Crippen molar-refractivity contribution in [3.05, 3.63) is 65.2 Å². The van der Waals surface area contributed by atoms with Crippen molar-refractivity contribution >= 4 is 27.6 Å². The molecule has 0 spiro atoms. The summed E-state index contributed by atoms with van der Waals surface area (Å²) in [6.45, 7) is 0.718. The van der Waals surface area contributed by atoms with Gasteiger partial charge in [-0.2, -0.15) is 0 Å². The Morgan fingerprint density at radius 1 is 1.12 bits per heavy atom. The van der Waals surface area contributed by atoms with E-state index in [0.717, 1.165) is 20.8 Å². The molecular weight excluding hydrogens is 320 g/mol. The van der Waals surface area contributed by atoms with Gasteiger partial charge in [0.1, 0.15) is 6.61 Å². The second-order valence-electron chi connectivity index (χ2n) is 5.03. The monoisotopic (exact) mass is 336 g/mol. The Bertz CT molecular complexity index is 845. The van der Waals surface area contributed by atoms with Crippen molar-refractivity contribution in [2.24, 2.45) is 0 Å². The molecule has 0 aliphatic heterocycles. The smallest absolute Gasteiger partial charge is 0.407 e. The summed E-state index contributed by atoms with van der Waals surface area (Å²) >= 11 is 1.57. The van der Waals surface area contributed by atoms with Gasteiger partial charge in [0.25, 0.3) is 0 Å². The SMILES string of the molecule is O=C(NCCC#Cc1nc2ccccc2s1)OCc1ccccc1. The third-order valence-electron chi connectivity index (χ3n) is 3.22. The van der Waals surface area contributed by atoms with Crippen LogP contribution in [-0.2, 0) is 11.3 Å². The molecular formula is C19H16N2O2S. The van der Waals surface area contributed by atoms with E-state index < -0.39 is 6.09 Å². The van der Waals surface area contributed by atoms with E-state index in [4.69, 9.17) is 4.74 Å². The number of alkyl carbamates (subject to hydrolysis) is 1. The Morgan fingerprint density at radius 2 is 1.92 bits per heavy atom. The van der Waals surface area contributed by atoms with Gasteiger partial charge in [0.2, 0.25) is 0 Å². The van der Waals surface area contributed by atoms with Crippen LogP contribution in [0.4, 0.5) is 4.79 Å². The largest absolute Gasteiger partial charge is 0.445 e. The van der Waals surface area contributed by atoms with Crippen LogP contribution in [-0.4, -0.2) is 17.6 Å². The number of carbonyl (C=O) groups is 1. The van der Waals surface area contributed by atoms with Crippen molar-refractivity contribution in [2.45, 2.75) is 13.0 Å². The maximum Gasteiger partial charge on any atom is 0.407 e. The van der Waals surface area contributed by atoms with Crippen molar-refractivity contribution in [3.8, 4) is 11.8 Å². The van der Waals surface area contributed by atoms with Gasteiger partial charge in [-0.3, -0.25) is 0 Å². The Morgan fingerprint density at radius 3 is 2.75 bits per heavy atom. The van der Waals surface area contributed by atoms with Crippen LogP contribution in [0.15, 0.2) is 54.6 Å². The van der Waals surface area contributed by atoms with Crippen LogP contribution in [0.1, 0.15) is 17.0 Å². The number of hydrogen-bond donors (Lipinski definition) is 1. The third kappa shape index (κ3) is 4.58. The number of amides is 1. The molecule has 3 aromatic rings. The molecule has 3 rings (SSSR count). The normalized spacial score (nSPS) is 10.0. The number of hydrogen-bond acceptors (Lipinski definition) is 4. The molecule has 1 amide bonds. The molecule has 0 aliphatic rings. The molecule has 0 aliphatic carbocycles. The summed E-state index contributed by atoms with van der Waals surface area (Å²) in [7, 11) is 0. The van der Waals surface area contributed by atoms with E-state index in [9.17, 15) is 4.79 Å². The highest BCUT2D eigenvalue weighted by Gasteiger charge is 2.01. The van der Waals surface area contributed by atoms with E-state index in [2.05, 4.69) is 22.1 Å². The first-order valence-electron chi connectivity index (χ1n) is 7.60. The van der Waals surface area contributed by atoms with Crippen LogP contribution in [0.5, 0.6) is 0 Å². The van der Waals surface area contributed by atoms with E-state index in [1.54, 1.807) is 11.3 Å². The number of aromatic nitrogens is 1. The highest BCUT2D eigenvalue weighted by molar-refractivity contribution is 7.19. The number of carbonyl (C=O) groups excluding carboxylic acids is 1. The number of thiazole rings is 1. The minimum absolute atomic E-state index is 0.268. The molecule has 1 aromatic heterocycles. The zero-order chi connectivity index (χ0) is 16.6. The topological polar surface area (TPSA) is 51.2 Å². The number of ether oxygens (including phenoxy) is 1. The zero-order valence-corrected chi connectivity index (χ0v) is 13.8. The molecule has 1 heterocycles. The molecule has 0 bridgehead atoms. The molecule has 0 unspecified atom stereocenters. The van der Waals surface area contributed by atoms with Gasteiger partial charge in [-0.05, 0) is 23.6 Å². The van der Waals surface area contributed by atoms with Gasteiger partial charge >= 0.3 is 6.09 Å². The minimum atomic E-state index is -0.430. The fraction of sp³-hybridized carbons (Fsp3) is 0.158. The van der Waals surface area contributed by atoms with Gasteiger partial charge < -0.3 is 10.1 Å². The predicted molar refractivity (Wildman–Crippen MR) is 95.7 cm³/mol. The summed E-state index contributed by atoms with van der Waals surface area (Å²) in [5.41, 5.74) is 1.93. The standard InChI is InChI=1S/C19H16N2O2S/c22-19(23-14-15-8-2-1-3-9-15)20-13-7-6-12-18-21-16-10-4-5-11-17(16)24-18/h1-5,8-11H,7,13-14H2,(H,20,22). The summed E-state index contributed by atoms with van der Waals surface area (Å²) in [6.07, 6.45) is 0.122. The van der Waals surface area contributed by atoms with Gasteiger partial charge in [0, 0.05) is 13.0 Å². The number of para-hydroxylation sites is 1. The van der Waals surface area contributed by atoms with Crippen LogP contribution in [0, 0.1) is 11.8 Å². The van der Waals surface area contributed by atoms with Gasteiger partial charge in [-0.15, -0.1) is 11.3 Å². The number of benzene rings is 2. The summed E-state index contributed by atoms with van der Waals surface area (Å²) in [5.74, 6) is 6.05. The highest BCUT2D eigenvalue weighted by Crippen LogP contribution is 2.20. The second-order valence-corrected chi connectivity index (χ2v) is 6.06. The van der Waals surface area contributed by atoms with Crippen molar-refractivity contribution < 1.29 is 9.53 Å². The fourth-order valence-corrected chi connectivity index (χ4v) is 2.91. The number of nitrogens with zero attached hydrogens (tertiary/aromatic N) is 1. The van der Waals surface area contributed by atoms with E-state index >= 15 is 0 Å². The first-order valence-corrected chi connectivity index (χ1v) is 8.42. The van der Waals surface area contributed by atoms with Crippen LogP contribution >= 0.6 is 11.3 Å². The van der Waals surface area contributed by atoms with E-state index in [-0.39, 0.29) is 6.61 Å². The van der Waals surface area contributed by atoms with Crippen LogP contribution in [0.3, 0.4) is 0 Å². The van der Waals surface area contributed by atoms with Crippen LogP contribution in [0.2, 0.25) is 0 Å². The third-order valence-corrected chi connectivity index (χ3v) is 4.17. The van der Waals surface area contributed by atoms with E-state index in [1.165, 1.54) is 0 Å². The van der Waals surface area contributed by atoms with Crippen LogP contribution < -0.4 is 5.32 Å². The lowest BCUT2D eigenvalue weighted by molar-refractivity contribution is 0.140. The van der Waals surface area contributed by atoms with Gasteiger partial charge in [-0.1, -0.05) is 48.4 Å². The first-order chi connectivity index (χ1) is 11.8. The molecule has 2 aromatic carbocycles. The number of nitrogens with one attached hydrogen (secondary N) is 1. The Kier molecular flexibility index (Phi) is 5.44. The lowest BCUT2D eigenvalue weighted by Crippen LogP contribution is -2.24. The molecule has 5 heteroatoms. The number of rotatable bonds is 4. The fourth-order valence-electron chi connectivity index (χ4n) is 2.06. The molecule has 24 heavy (non-hydrogen) atoms. The minimum Gasteiger partial charge on any atom is -0.445 e. The van der Waals surface area contributed by atoms with Crippen molar-refractivity contribution in [1.82, 2.24) is 10.3 Å². The van der Waals surface area contributed by atoms with E-state index in [0.29, 0.717) is 13.0 Å². The molecule has 120 valence electrons. The first kappa shape index (κ1) is 16.0. The maximum atomic E-state index is 11.6. The summed E-state index contributed by atoms with van der Waals surface area (Å²) in [4.78, 5) is 16.0. The maximum absolute atomic E-state index is 11.6. The molecule has 1 N–H and O–H groups in total. The molecule has 0 radical (unpaired) electrons. The van der Waals surface area contributed by atoms with Gasteiger partial charge in [-0.25, -0.2) is 9.78 Å².